The summed E-state index contributed by atoms with van der Waals surface area (Å²) in [5.74, 6) is -2.24. The Balaban J connectivity index is 2.07. The molecule has 2 aromatic heterocycles. The topological polar surface area (TPSA) is 117 Å². The fourth-order valence-electron chi connectivity index (χ4n) is 2.03. The van der Waals surface area contributed by atoms with Gasteiger partial charge in [0.15, 0.2) is 11.5 Å². The first kappa shape index (κ1) is 14.4. The first-order chi connectivity index (χ1) is 11.1. The Morgan fingerprint density at radius 1 is 1.00 bits per heavy atom. The lowest BCUT2D eigenvalue weighted by Gasteiger charge is -1.97. The molecule has 3 aromatic rings. The van der Waals surface area contributed by atoms with Gasteiger partial charge >= 0.3 is 11.9 Å². The Hall–Kier alpha value is -3.55. The SMILES string of the molecule is O=C(O)c1cccc(N=Nc2c(C(=O)O)nc3ccccn23)c1. The number of aromatic carboxylic acids is 2. The zero-order chi connectivity index (χ0) is 16.4. The maximum atomic E-state index is 11.3. The normalized spacial score (nSPS) is 11.1. The Morgan fingerprint density at radius 3 is 2.57 bits per heavy atom. The highest BCUT2D eigenvalue weighted by Gasteiger charge is 2.17. The van der Waals surface area contributed by atoms with Gasteiger partial charge in [0, 0.05) is 6.20 Å². The molecule has 0 fully saturated rings. The molecular weight excluding hydrogens is 300 g/mol. The van der Waals surface area contributed by atoms with Gasteiger partial charge in [0.1, 0.15) is 5.65 Å². The van der Waals surface area contributed by atoms with Crippen molar-refractivity contribution >= 4 is 29.1 Å². The fourth-order valence-corrected chi connectivity index (χ4v) is 2.03. The van der Waals surface area contributed by atoms with Crippen molar-refractivity contribution in [2.75, 3.05) is 0 Å². The Morgan fingerprint density at radius 2 is 1.83 bits per heavy atom. The van der Waals surface area contributed by atoms with Crippen LogP contribution in [0.15, 0.2) is 58.9 Å². The number of pyridine rings is 1. The summed E-state index contributed by atoms with van der Waals surface area (Å²) in [5.41, 5.74) is 0.567. The van der Waals surface area contributed by atoms with E-state index in [4.69, 9.17) is 5.11 Å². The van der Waals surface area contributed by atoms with Gasteiger partial charge in [-0.2, -0.15) is 0 Å². The number of hydrogen-bond acceptors (Lipinski definition) is 5. The maximum Gasteiger partial charge on any atom is 0.358 e. The van der Waals surface area contributed by atoms with Crippen molar-refractivity contribution in [3.8, 4) is 0 Å². The molecule has 0 saturated carbocycles. The summed E-state index contributed by atoms with van der Waals surface area (Å²) in [6, 6.07) is 11.0. The van der Waals surface area contributed by atoms with Crippen molar-refractivity contribution < 1.29 is 19.8 Å². The van der Waals surface area contributed by atoms with Crippen LogP contribution in [0, 0.1) is 0 Å². The summed E-state index contributed by atoms with van der Waals surface area (Å²) in [6.07, 6.45) is 1.62. The number of azo groups is 1. The third-order valence-electron chi connectivity index (χ3n) is 3.06. The molecule has 3 rings (SSSR count). The van der Waals surface area contributed by atoms with Crippen molar-refractivity contribution in [3.63, 3.8) is 0 Å². The van der Waals surface area contributed by atoms with Crippen LogP contribution in [0.5, 0.6) is 0 Å². The van der Waals surface area contributed by atoms with Crippen LogP contribution in [-0.2, 0) is 0 Å². The van der Waals surface area contributed by atoms with Crippen LogP contribution < -0.4 is 0 Å². The van der Waals surface area contributed by atoms with E-state index in [0.717, 1.165) is 0 Å². The largest absolute Gasteiger partial charge is 0.478 e. The van der Waals surface area contributed by atoms with Crippen LogP contribution >= 0.6 is 0 Å². The van der Waals surface area contributed by atoms with Crippen molar-refractivity contribution in [3.05, 3.63) is 59.9 Å². The lowest BCUT2D eigenvalue weighted by atomic mass is 10.2. The zero-order valence-corrected chi connectivity index (χ0v) is 11.6. The van der Waals surface area contributed by atoms with Gasteiger partial charge in [-0.3, -0.25) is 4.40 Å². The molecule has 0 aliphatic carbocycles. The second kappa shape index (κ2) is 5.68. The number of carboxylic acid groups (broad SMARTS) is 2. The molecule has 2 N–H and O–H groups in total. The molecular formula is C15H10N4O4. The molecule has 0 unspecified atom stereocenters. The highest BCUT2D eigenvalue weighted by molar-refractivity contribution is 5.91. The standard InChI is InChI=1S/C15H10N4O4/c20-14(21)9-4-3-5-10(8-9)17-18-13-12(15(22)23)16-11-6-1-2-7-19(11)13/h1-8H,(H,20,21)(H,22,23). The van der Waals surface area contributed by atoms with Gasteiger partial charge in [-0.1, -0.05) is 12.1 Å². The monoisotopic (exact) mass is 310 g/mol. The van der Waals surface area contributed by atoms with E-state index in [1.54, 1.807) is 30.5 Å². The van der Waals surface area contributed by atoms with Crippen LogP contribution in [0.3, 0.4) is 0 Å². The lowest BCUT2D eigenvalue weighted by Crippen LogP contribution is -1.96. The van der Waals surface area contributed by atoms with Crippen LogP contribution in [0.1, 0.15) is 20.8 Å². The molecule has 0 saturated heterocycles. The van der Waals surface area contributed by atoms with E-state index in [-0.39, 0.29) is 17.1 Å². The summed E-state index contributed by atoms with van der Waals surface area (Å²) in [7, 11) is 0. The average Bonchev–Trinajstić information content (AvgIpc) is 2.92. The number of fused-ring (bicyclic) bond motifs is 1. The lowest BCUT2D eigenvalue weighted by molar-refractivity contribution is 0.0683. The molecule has 0 spiro atoms. The van der Waals surface area contributed by atoms with Gasteiger partial charge in [0.25, 0.3) is 0 Å². The summed E-state index contributed by atoms with van der Waals surface area (Å²) >= 11 is 0. The summed E-state index contributed by atoms with van der Waals surface area (Å²) < 4.78 is 1.49. The van der Waals surface area contributed by atoms with Gasteiger partial charge in [0.2, 0.25) is 0 Å². The molecule has 8 nitrogen and oxygen atoms in total. The van der Waals surface area contributed by atoms with Crippen LogP contribution in [0.2, 0.25) is 0 Å². The number of benzene rings is 1. The molecule has 0 radical (unpaired) electrons. The second-order valence-corrected chi connectivity index (χ2v) is 4.57. The van der Waals surface area contributed by atoms with E-state index >= 15 is 0 Å². The summed E-state index contributed by atoms with van der Waals surface area (Å²) in [6.45, 7) is 0. The summed E-state index contributed by atoms with van der Waals surface area (Å²) in [4.78, 5) is 26.2. The van der Waals surface area contributed by atoms with Gasteiger partial charge in [0.05, 0.1) is 11.3 Å². The number of aromatic nitrogens is 2. The minimum Gasteiger partial charge on any atom is -0.478 e. The number of hydrogen-bond donors (Lipinski definition) is 2. The number of imidazole rings is 1. The van der Waals surface area contributed by atoms with Gasteiger partial charge in [-0.25, -0.2) is 14.6 Å². The van der Waals surface area contributed by atoms with E-state index in [2.05, 4.69) is 15.2 Å². The van der Waals surface area contributed by atoms with Crippen LogP contribution in [0.25, 0.3) is 5.65 Å². The van der Waals surface area contributed by atoms with Gasteiger partial charge in [-0.05, 0) is 30.3 Å². The number of nitrogens with zero attached hydrogens (tertiary/aromatic N) is 4. The van der Waals surface area contributed by atoms with Crippen molar-refractivity contribution in [2.45, 2.75) is 0 Å². The number of carbonyl (C=O) groups is 2. The third-order valence-corrected chi connectivity index (χ3v) is 3.06. The van der Waals surface area contributed by atoms with E-state index in [1.165, 1.54) is 22.6 Å². The van der Waals surface area contributed by atoms with Crippen molar-refractivity contribution in [2.24, 2.45) is 10.2 Å². The Labute approximate surface area is 129 Å². The molecule has 2 heterocycles. The quantitative estimate of drug-likeness (QED) is 0.718. The first-order valence-corrected chi connectivity index (χ1v) is 6.52. The van der Waals surface area contributed by atoms with Crippen LogP contribution in [-0.4, -0.2) is 31.5 Å². The number of rotatable bonds is 4. The van der Waals surface area contributed by atoms with E-state index in [1.807, 2.05) is 0 Å². The highest BCUT2D eigenvalue weighted by Crippen LogP contribution is 2.24. The van der Waals surface area contributed by atoms with E-state index in [9.17, 15) is 14.7 Å². The van der Waals surface area contributed by atoms with E-state index in [0.29, 0.717) is 11.3 Å². The second-order valence-electron chi connectivity index (χ2n) is 4.57. The van der Waals surface area contributed by atoms with Gasteiger partial charge in [-0.15, -0.1) is 10.2 Å². The molecule has 23 heavy (non-hydrogen) atoms. The van der Waals surface area contributed by atoms with Crippen molar-refractivity contribution in [1.29, 1.82) is 0 Å². The predicted octanol–water partition coefficient (Wildman–Crippen LogP) is 3.15. The minimum atomic E-state index is -1.22. The Kier molecular flexibility index (Phi) is 3.55. The molecule has 0 bridgehead atoms. The minimum absolute atomic E-state index is 0.0637. The smallest absolute Gasteiger partial charge is 0.358 e. The molecule has 8 heteroatoms. The molecule has 0 aliphatic heterocycles. The fraction of sp³-hybridized carbons (Fsp3) is 0. The molecule has 0 amide bonds. The predicted molar refractivity (Wildman–Crippen MR) is 79.7 cm³/mol. The molecule has 0 aliphatic rings. The maximum absolute atomic E-state index is 11.3. The number of carboxylic acids is 2. The van der Waals surface area contributed by atoms with Crippen LogP contribution in [0.4, 0.5) is 11.5 Å². The zero-order valence-electron chi connectivity index (χ0n) is 11.6. The first-order valence-electron chi connectivity index (χ1n) is 6.52. The van der Waals surface area contributed by atoms with Crippen molar-refractivity contribution in [1.82, 2.24) is 9.38 Å². The van der Waals surface area contributed by atoms with Gasteiger partial charge < -0.3 is 10.2 Å². The average molecular weight is 310 g/mol. The van der Waals surface area contributed by atoms with E-state index < -0.39 is 11.9 Å². The third kappa shape index (κ3) is 2.77. The highest BCUT2D eigenvalue weighted by atomic mass is 16.4. The molecule has 0 atom stereocenters. The molecule has 114 valence electrons. The Bertz CT molecular complexity index is 946. The summed E-state index contributed by atoms with van der Waals surface area (Å²) in [5, 5.41) is 26.0. The molecule has 1 aromatic carbocycles.